The first-order chi connectivity index (χ1) is 12.2. The van der Waals surface area contributed by atoms with Crippen LogP contribution in [0, 0.1) is 6.92 Å². The molecule has 0 radical (unpaired) electrons. The van der Waals surface area contributed by atoms with Crippen molar-refractivity contribution >= 4 is 11.9 Å². The second-order valence-electron chi connectivity index (χ2n) is 6.77. The van der Waals surface area contributed by atoms with Crippen LogP contribution in [0.4, 0.5) is 5.95 Å². The Morgan fingerprint density at radius 3 is 2.52 bits per heavy atom. The van der Waals surface area contributed by atoms with Gasteiger partial charge in [0.2, 0.25) is 5.95 Å². The highest BCUT2D eigenvalue weighted by Crippen LogP contribution is 2.19. The van der Waals surface area contributed by atoms with E-state index in [2.05, 4.69) is 20.6 Å². The number of aryl methyl sites for hydroxylation is 1. The van der Waals surface area contributed by atoms with Crippen molar-refractivity contribution in [2.24, 2.45) is 0 Å². The molecule has 0 atom stereocenters. The van der Waals surface area contributed by atoms with Crippen molar-refractivity contribution in [2.75, 3.05) is 5.32 Å². The third kappa shape index (κ3) is 5.28. The number of amides is 1. The van der Waals surface area contributed by atoms with Gasteiger partial charge in [0, 0.05) is 18.8 Å². The van der Waals surface area contributed by atoms with Crippen molar-refractivity contribution in [3.05, 3.63) is 53.3 Å². The van der Waals surface area contributed by atoms with Crippen molar-refractivity contribution in [2.45, 2.75) is 58.0 Å². The molecule has 0 aliphatic heterocycles. The number of nitrogens with zero attached hydrogens (tertiary/aromatic N) is 2. The van der Waals surface area contributed by atoms with Gasteiger partial charge in [-0.05, 0) is 31.4 Å². The lowest BCUT2D eigenvalue weighted by Crippen LogP contribution is -2.25. The highest BCUT2D eigenvalue weighted by molar-refractivity contribution is 5.92. The van der Waals surface area contributed by atoms with E-state index in [4.69, 9.17) is 0 Å². The molecule has 0 spiro atoms. The Morgan fingerprint density at radius 2 is 1.80 bits per heavy atom. The first-order valence-electron chi connectivity index (χ1n) is 9.14. The molecule has 1 amide bonds. The molecule has 0 saturated heterocycles. The second kappa shape index (κ2) is 8.60. The summed E-state index contributed by atoms with van der Waals surface area (Å²) in [6, 6.07) is 10.2. The molecule has 1 aliphatic carbocycles. The normalized spacial score (nSPS) is 15.4. The minimum absolute atomic E-state index is 0.174. The lowest BCUT2D eigenvalue weighted by atomic mass is 10.1. The Labute approximate surface area is 149 Å². The molecule has 1 fully saturated rings. The summed E-state index contributed by atoms with van der Waals surface area (Å²) in [5, 5.41) is 6.31. The van der Waals surface area contributed by atoms with Crippen LogP contribution in [0.2, 0.25) is 0 Å². The zero-order chi connectivity index (χ0) is 17.5. The van der Waals surface area contributed by atoms with Crippen LogP contribution in [-0.4, -0.2) is 21.9 Å². The van der Waals surface area contributed by atoms with Gasteiger partial charge in [0.1, 0.15) is 5.69 Å². The number of hydrogen-bond acceptors (Lipinski definition) is 4. The largest absolute Gasteiger partial charge is 0.351 e. The minimum Gasteiger partial charge on any atom is -0.351 e. The number of hydrogen-bond donors (Lipinski definition) is 2. The minimum atomic E-state index is -0.174. The molecule has 1 saturated carbocycles. The van der Waals surface area contributed by atoms with E-state index >= 15 is 0 Å². The molecule has 0 bridgehead atoms. The zero-order valence-electron chi connectivity index (χ0n) is 14.8. The smallest absolute Gasteiger partial charge is 0.270 e. The molecule has 25 heavy (non-hydrogen) atoms. The van der Waals surface area contributed by atoms with Gasteiger partial charge in [-0.15, -0.1) is 0 Å². The monoisotopic (exact) mass is 338 g/mol. The van der Waals surface area contributed by atoms with Crippen molar-refractivity contribution in [1.29, 1.82) is 0 Å². The summed E-state index contributed by atoms with van der Waals surface area (Å²) < 4.78 is 0. The van der Waals surface area contributed by atoms with Gasteiger partial charge < -0.3 is 10.6 Å². The third-order valence-corrected chi connectivity index (χ3v) is 4.65. The first-order valence-corrected chi connectivity index (χ1v) is 9.14. The van der Waals surface area contributed by atoms with E-state index in [1.165, 1.54) is 31.2 Å². The maximum atomic E-state index is 12.4. The molecule has 132 valence electrons. The quantitative estimate of drug-likeness (QED) is 0.813. The maximum absolute atomic E-state index is 12.4. The Kier molecular flexibility index (Phi) is 5.99. The van der Waals surface area contributed by atoms with Crippen LogP contribution in [-0.2, 0) is 6.54 Å². The molecule has 1 aromatic heterocycles. The van der Waals surface area contributed by atoms with Crippen molar-refractivity contribution < 1.29 is 4.79 Å². The van der Waals surface area contributed by atoms with Gasteiger partial charge in [0.15, 0.2) is 0 Å². The zero-order valence-corrected chi connectivity index (χ0v) is 14.8. The average Bonchev–Trinajstić information content (AvgIpc) is 2.90. The molecule has 3 rings (SSSR count). The van der Waals surface area contributed by atoms with Gasteiger partial charge in [-0.3, -0.25) is 4.79 Å². The van der Waals surface area contributed by atoms with E-state index in [1.807, 2.05) is 31.2 Å². The van der Waals surface area contributed by atoms with Crippen molar-refractivity contribution in [3.8, 4) is 0 Å². The summed E-state index contributed by atoms with van der Waals surface area (Å²) >= 11 is 0. The SMILES string of the molecule is Cc1ccc(CNC(=O)c2ccnc(NC3CCCCCC3)n2)cc1. The standard InChI is InChI=1S/C20H26N4O/c1-15-8-10-16(11-9-15)14-22-19(25)18-12-13-21-20(24-18)23-17-6-4-2-3-5-7-17/h8-13,17H,2-7,14H2,1H3,(H,22,25)(H,21,23,24). The topological polar surface area (TPSA) is 66.9 Å². The molecule has 2 aromatic rings. The Hall–Kier alpha value is -2.43. The van der Waals surface area contributed by atoms with Gasteiger partial charge in [0.05, 0.1) is 0 Å². The number of nitrogens with one attached hydrogen (secondary N) is 2. The molecular weight excluding hydrogens is 312 g/mol. The Bertz CT molecular complexity index is 691. The second-order valence-corrected chi connectivity index (χ2v) is 6.77. The molecular formula is C20H26N4O. The van der Waals surface area contributed by atoms with Gasteiger partial charge in [0.25, 0.3) is 5.91 Å². The van der Waals surface area contributed by atoms with Crippen LogP contribution in [0.15, 0.2) is 36.5 Å². The maximum Gasteiger partial charge on any atom is 0.270 e. The summed E-state index contributed by atoms with van der Waals surface area (Å²) in [5.74, 6) is 0.377. The predicted molar refractivity (Wildman–Crippen MR) is 99.5 cm³/mol. The predicted octanol–water partition coefficient (Wildman–Crippen LogP) is 3.85. The summed E-state index contributed by atoms with van der Waals surface area (Å²) in [4.78, 5) is 21.0. The van der Waals surface area contributed by atoms with Gasteiger partial charge in [-0.2, -0.15) is 0 Å². The number of benzene rings is 1. The fourth-order valence-electron chi connectivity index (χ4n) is 3.14. The molecule has 1 heterocycles. The summed E-state index contributed by atoms with van der Waals surface area (Å²) in [6.07, 6.45) is 9.04. The van der Waals surface area contributed by atoms with E-state index < -0.39 is 0 Å². The van der Waals surface area contributed by atoms with Crippen LogP contribution < -0.4 is 10.6 Å². The number of aromatic nitrogens is 2. The van der Waals surface area contributed by atoms with Crippen LogP contribution in [0.3, 0.4) is 0 Å². The van der Waals surface area contributed by atoms with E-state index in [0.717, 1.165) is 18.4 Å². The fourth-order valence-corrected chi connectivity index (χ4v) is 3.14. The van der Waals surface area contributed by atoms with Gasteiger partial charge >= 0.3 is 0 Å². The molecule has 1 aromatic carbocycles. The lowest BCUT2D eigenvalue weighted by molar-refractivity contribution is 0.0946. The summed E-state index contributed by atoms with van der Waals surface area (Å²) in [5.41, 5.74) is 2.68. The van der Waals surface area contributed by atoms with Crippen LogP contribution in [0.25, 0.3) is 0 Å². The van der Waals surface area contributed by atoms with Crippen LogP contribution >= 0.6 is 0 Å². The number of carbonyl (C=O) groups excluding carboxylic acids is 1. The fraction of sp³-hybridized carbons (Fsp3) is 0.450. The number of anilines is 1. The molecule has 1 aliphatic rings. The Balaban J connectivity index is 1.58. The molecule has 5 heteroatoms. The lowest BCUT2D eigenvalue weighted by Gasteiger charge is -2.16. The van der Waals surface area contributed by atoms with Crippen molar-refractivity contribution in [1.82, 2.24) is 15.3 Å². The average molecular weight is 338 g/mol. The molecule has 2 N–H and O–H groups in total. The van der Waals surface area contributed by atoms with Crippen molar-refractivity contribution in [3.63, 3.8) is 0 Å². The third-order valence-electron chi connectivity index (χ3n) is 4.65. The van der Waals surface area contributed by atoms with E-state index in [1.54, 1.807) is 12.3 Å². The van der Waals surface area contributed by atoms with Gasteiger partial charge in [-0.1, -0.05) is 55.5 Å². The number of rotatable bonds is 5. The summed E-state index contributed by atoms with van der Waals surface area (Å²) in [6.45, 7) is 2.54. The van der Waals surface area contributed by atoms with E-state index in [9.17, 15) is 4.79 Å². The van der Waals surface area contributed by atoms with Gasteiger partial charge in [-0.25, -0.2) is 9.97 Å². The molecule has 5 nitrogen and oxygen atoms in total. The first kappa shape index (κ1) is 17.4. The highest BCUT2D eigenvalue weighted by Gasteiger charge is 2.14. The molecule has 0 unspecified atom stereocenters. The summed E-state index contributed by atoms with van der Waals surface area (Å²) in [7, 11) is 0. The van der Waals surface area contributed by atoms with Crippen LogP contribution in [0.1, 0.15) is 60.1 Å². The van der Waals surface area contributed by atoms with E-state index in [0.29, 0.717) is 24.2 Å². The Morgan fingerprint density at radius 1 is 1.08 bits per heavy atom. The number of carbonyl (C=O) groups is 1. The van der Waals surface area contributed by atoms with E-state index in [-0.39, 0.29) is 5.91 Å². The highest BCUT2D eigenvalue weighted by atomic mass is 16.1. The van der Waals surface area contributed by atoms with Crippen LogP contribution in [0.5, 0.6) is 0 Å².